The summed E-state index contributed by atoms with van der Waals surface area (Å²) in [6, 6.07) is 9.40. The Bertz CT molecular complexity index is 292. The molecule has 2 rings (SSSR count). The number of hydrogen-bond acceptors (Lipinski definition) is 2. The summed E-state index contributed by atoms with van der Waals surface area (Å²) < 4.78 is 0. The van der Waals surface area contributed by atoms with Crippen LogP contribution in [0.3, 0.4) is 0 Å². The minimum absolute atomic E-state index is 0.715. The van der Waals surface area contributed by atoms with Gasteiger partial charge in [0.1, 0.15) is 0 Å². The molecule has 0 bridgehead atoms. The van der Waals surface area contributed by atoms with Crippen molar-refractivity contribution in [3.63, 3.8) is 0 Å². The first-order valence-electron chi connectivity index (χ1n) is 5.29. The molecule has 1 aromatic carbocycles. The molecular formula is C12H17NS. The summed E-state index contributed by atoms with van der Waals surface area (Å²) >= 11 is 1.80. The van der Waals surface area contributed by atoms with E-state index in [4.69, 9.17) is 0 Å². The second-order valence-corrected chi connectivity index (χ2v) is 4.74. The lowest BCUT2D eigenvalue weighted by Gasteiger charge is -2.13. The normalized spacial score (nSPS) is 17.2. The van der Waals surface area contributed by atoms with Crippen LogP contribution in [0.2, 0.25) is 0 Å². The highest BCUT2D eigenvalue weighted by Gasteiger charge is 2.14. The zero-order valence-corrected chi connectivity index (χ0v) is 9.44. The van der Waals surface area contributed by atoms with Crippen molar-refractivity contribution in [1.82, 2.24) is 0 Å². The Morgan fingerprint density at radius 3 is 2.79 bits per heavy atom. The summed E-state index contributed by atoms with van der Waals surface area (Å²) in [5.41, 5.74) is 1.28. The van der Waals surface area contributed by atoms with Gasteiger partial charge in [0.2, 0.25) is 0 Å². The zero-order chi connectivity index (χ0) is 9.80. The highest BCUT2D eigenvalue weighted by atomic mass is 32.2. The maximum absolute atomic E-state index is 3.60. The van der Waals surface area contributed by atoms with Crippen molar-refractivity contribution in [1.29, 1.82) is 0 Å². The SMILES string of the molecule is CSc1cccc(NC2CCCC2)c1. The van der Waals surface area contributed by atoms with Crippen LogP contribution in [-0.2, 0) is 0 Å². The van der Waals surface area contributed by atoms with E-state index in [-0.39, 0.29) is 0 Å². The van der Waals surface area contributed by atoms with Crippen LogP contribution in [0.1, 0.15) is 25.7 Å². The fraction of sp³-hybridized carbons (Fsp3) is 0.500. The van der Waals surface area contributed by atoms with Crippen molar-refractivity contribution >= 4 is 17.4 Å². The lowest BCUT2D eigenvalue weighted by Crippen LogP contribution is -2.14. The molecule has 0 amide bonds. The van der Waals surface area contributed by atoms with Crippen molar-refractivity contribution in [3.05, 3.63) is 24.3 Å². The van der Waals surface area contributed by atoms with E-state index in [1.165, 1.54) is 36.3 Å². The first-order chi connectivity index (χ1) is 6.88. The van der Waals surface area contributed by atoms with Gasteiger partial charge in [0.05, 0.1) is 0 Å². The molecule has 2 heteroatoms. The zero-order valence-electron chi connectivity index (χ0n) is 8.62. The Hall–Kier alpha value is -0.630. The molecule has 0 spiro atoms. The van der Waals surface area contributed by atoms with E-state index in [1.807, 2.05) is 0 Å². The fourth-order valence-electron chi connectivity index (χ4n) is 2.02. The maximum atomic E-state index is 3.60. The Balaban J connectivity index is 2.00. The molecule has 0 atom stereocenters. The Labute approximate surface area is 90.3 Å². The Kier molecular flexibility index (Phi) is 3.35. The average molecular weight is 207 g/mol. The smallest absolute Gasteiger partial charge is 0.0353 e. The van der Waals surface area contributed by atoms with Crippen LogP contribution < -0.4 is 5.32 Å². The first-order valence-corrected chi connectivity index (χ1v) is 6.51. The summed E-state index contributed by atoms with van der Waals surface area (Å²) in [5.74, 6) is 0. The minimum atomic E-state index is 0.715. The molecule has 1 nitrogen and oxygen atoms in total. The van der Waals surface area contributed by atoms with E-state index in [0.29, 0.717) is 6.04 Å². The van der Waals surface area contributed by atoms with Gasteiger partial charge in [0, 0.05) is 16.6 Å². The van der Waals surface area contributed by atoms with Crippen LogP contribution in [0.5, 0.6) is 0 Å². The van der Waals surface area contributed by atoms with E-state index >= 15 is 0 Å². The fourth-order valence-corrected chi connectivity index (χ4v) is 2.48. The van der Waals surface area contributed by atoms with E-state index in [9.17, 15) is 0 Å². The summed E-state index contributed by atoms with van der Waals surface area (Å²) in [4.78, 5) is 1.34. The number of rotatable bonds is 3. The number of benzene rings is 1. The second kappa shape index (κ2) is 4.74. The molecule has 1 aromatic rings. The van der Waals surface area contributed by atoms with Gasteiger partial charge in [-0.3, -0.25) is 0 Å². The molecule has 0 radical (unpaired) electrons. The maximum Gasteiger partial charge on any atom is 0.0353 e. The third-order valence-electron chi connectivity index (χ3n) is 2.80. The lowest BCUT2D eigenvalue weighted by atomic mass is 10.2. The summed E-state index contributed by atoms with van der Waals surface area (Å²) in [7, 11) is 0. The predicted molar refractivity (Wildman–Crippen MR) is 64.1 cm³/mol. The largest absolute Gasteiger partial charge is 0.382 e. The van der Waals surface area contributed by atoms with Crippen molar-refractivity contribution in [3.8, 4) is 0 Å². The molecule has 0 aliphatic heterocycles. The van der Waals surface area contributed by atoms with Crippen LogP contribution in [0.15, 0.2) is 29.2 Å². The molecule has 0 heterocycles. The van der Waals surface area contributed by atoms with E-state index in [2.05, 4.69) is 35.8 Å². The molecule has 1 N–H and O–H groups in total. The van der Waals surface area contributed by atoms with Crippen LogP contribution in [0, 0.1) is 0 Å². The molecule has 1 saturated carbocycles. The topological polar surface area (TPSA) is 12.0 Å². The standard InChI is InChI=1S/C12H17NS/c1-14-12-8-4-7-11(9-12)13-10-5-2-3-6-10/h4,7-10,13H,2-3,5-6H2,1H3. The monoisotopic (exact) mass is 207 g/mol. The van der Waals surface area contributed by atoms with Crippen LogP contribution in [0.25, 0.3) is 0 Å². The van der Waals surface area contributed by atoms with Gasteiger partial charge in [-0.15, -0.1) is 11.8 Å². The highest BCUT2D eigenvalue weighted by Crippen LogP contribution is 2.24. The average Bonchev–Trinajstić information content (AvgIpc) is 2.71. The van der Waals surface area contributed by atoms with Crippen LogP contribution >= 0.6 is 11.8 Å². The third-order valence-corrected chi connectivity index (χ3v) is 3.52. The van der Waals surface area contributed by atoms with Gasteiger partial charge >= 0.3 is 0 Å². The highest BCUT2D eigenvalue weighted by molar-refractivity contribution is 7.98. The second-order valence-electron chi connectivity index (χ2n) is 3.86. The molecule has 0 unspecified atom stereocenters. The molecule has 1 aliphatic rings. The molecule has 1 aliphatic carbocycles. The molecule has 0 aromatic heterocycles. The van der Waals surface area contributed by atoms with Crippen LogP contribution in [-0.4, -0.2) is 12.3 Å². The minimum Gasteiger partial charge on any atom is -0.382 e. The van der Waals surface area contributed by atoms with Crippen molar-refractivity contribution in [2.45, 2.75) is 36.6 Å². The van der Waals surface area contributed by atoms with Gasteiger partial charge < -0.3 is 5.32 Å². The van der Waals surface area contributed by atoms with Crippen LogP contribution in [0.4, 0.5) is 5.69 Å². The van der Waals surface area contributed by atoms with Gasteiger partial charge in [0.15, 0.2) is 0 Å². The number of nitrogens with one attached hydrogen (secondary N) is 1. The molecular weight excluding hydrogens is 190 g/mol. The molecule has 76 valence electrons. The van der Waals surface area contributed by atoms with Crippen molar-refractivity contribution < 1.29 is 0 Å². The van der Waals surface area contributed by atoms with Crippen molar-refractivity contribution in [2.75, 3.05) is 11.6 Å². The first kappa shape index (κ1) is 9.91. The lowest BCUT2D eigenvalue weighted by molar-refractivity contribution is 0.755. The quantitative estimate of drug-likeness (QED) is 0.757. The summed E-state index contributed by atoms with van der Waals surface area (Å²) in [6.07, 6.45) is 7.57. The van der Waals surface area contributed by atoms with Gasteiger partial charge in [0.25, 0.3) is 0 Å². The third kappa shape index (κ3) is 2.44. The number of anilines is 1. The summed E-state index contributed by atoms with van der Waals surface area (Å²) in [6.45, 7) is 0. The summed E-state index contributed by atoms with van der Waals surface area (Å²) in [5, 5.41) is 3.60. The Morgan fingerprint density at radius 2 is 2.07 bits per heavy atom. The van der Waals surface area contributed by atoms with Crippen molar-refractivity contribution in [2.24, 2.45) is 0 Å². The number of thioether (sulfide) groups is 1. The Morgan fingerprint density at radius 1 is 1.29 bits per heavy atom. The van der Waals surface area contributed by atoms with Gasteiger partial charge in [-0.2, -0.15) is 0 Å². The van der Waals surface area contributed by atoms with E-state index in [1.54, 1.807) is 11.8 Å². The van der Waals surface area contributed by atoms with E-state index < -0.39 is 0 Å². The molecule has 0 saturated heterocycles. The van der Waals surface area contributed by atoms with Gasteiger partial charge in [-0.25, -0.2) is 0 Å². The number of hydrogen-bond donors (Lipinski definition) is 1. The van der Waals surface area contributed by atoms with E-state index in [0.717, 1.165) is 0 Å². The predicted octanol–water partition coefficient (Wildman–Crippen LogP) is 3.76. The van der Waals surface area contributed by atoms with Gasteiger partial charge in [-0.1, -0.05) is 18.9 Å². The molecule has 14 heavy (non-hydrogen) atoms. The molecule has 1 fully saturated rings. The van der Waals surface area contributed by atoms with Gasteiger partial charge in [-0.05, 0) is 37.3 Å².